The normalized spacial score (nSPS) is 23.0. The molecule has 1 aromatic rings. The number of thioether (sulfide) groups is 1. The molecule has 1 aliphatic heterocycles. The number of rotatable bonds is 6. The number of carbonyl (C=O) groups is 1. The minimum absolute atomic E-state index is 0.0472. The number of β-lactam (4-membered cyclic amide) rings is 1. The van der Waals surface area contributed by atoms with Crippen LogP contribution in [0, 0.1) is 11.8 Å². The Kier molecular flexibility index (Phi) is 6.75. The van der Waals surface area contributed by atoms with Gasteiger partial charge in [-0.05, 0) is 37.2 Å². The van der Waals surface area contributed by atoms with Crippen LogP contribution in [0.1, 0.15) is 34.6 Å². The van der Waals surface area contributed by atoms with E-state index in [1.807, 2.05) is 25.1 Å². The summed E-state index contributed by atoms with van der Waals surface area (Å²) in [6, 6.07) is 10.2. The summed E-state index contributed by atoms with van der Waals surface area (Å²) in [6.45, 7) is 15.3. The molecule has 0 unspecified atom stereocenters. The minimum atomic E-state index is -1.91. The second-order valence-corrected chi connectivity index (χ2v) is 15.2. The lowest BCUT2D eigenvalue weighted by atomic mass is 9.79. The number of carbonyl (C=O) groups excluding carboxylic acids is 1. The van der Waals surface area contributed by atoms with E-state index in [-0.39, 0.29) is 34.9 Å². The summed E-state index contributed by atoms with van der Waals surface area (Å²) in [5, 5.41) is 3.19. The van der Waals surface area contributed by atoms with Gasteiger partial charge in [-0.3, -0.25) is 4.79 Å². The van der Waals surface area contributed by atoms with Crippen LogP contribution in [0.25, 0.3) is 0 Å². The van der Waals surface area contributed by atoms with Crippen LogP contribution in [0.2, 0.25) is 18.1 Å². The number of benzene rings is 1. The first-order valence-electron chi connectivity index (χ1n) is 9.19. The molecule has 1 fully saturated rings. The maximum Gasteiger partial charge on any atom is 0.228 e. The van der Waals surface area contributed by atoms with Gasteiger partial charge in [0.25, 0.3) is 0 Å². The lowest BCUT2D eigenvalue weighted by molar-refractivity contribution is -0.140. The van der Waals surface area contributed by atoms with E-state index in [1.54, 1.807) is 11.8 Å². The number of hydrogen-bond donors (Lipinski definition) is 1. The molecule has 0 bridgehead atoms. The van der Waals surface area contributed by atoms with Gasteiger partial charge in [0.15, 0.2) is 8.32 Å². The largest absolute Gasteiger partial charge is 0.413 e. The molecule has 1 saturated heterocycles. The molecule has 1 amide bonds. The molecule has 0 aliphatic carbocycles. The predicted molar refractivity (Wildman–Crippen MR) is 117 cm³/mol. The lowest BCUT2D eigenvalue weighted by Crippen LogP contribution is -2.66. The fraction of sp³-hybridized carbons (Fsp3) is 0.600. The summed E-state index contributed by atoms with van der Waals surface area (Å²) in [5.41, 5.74) is 0. The molecular formula is C20H31NO2S2Si. The standard InChI is InChI=1S/C20H31NO2S2Si/c1-13(19(24)25-15-11-9-8-10-12-15)17-16(18(22)21-17)14(2)23-26(6,7)20(3,4)5/h8-14,16-17H,1-7H3,(H,21,22)/t13-,14-,16-,17-/m1/s1. The molecule has 6 heteroatoms. The van der Waals surface area contributed by atoms with E-state index in [9.17, 15) is 4.79 Å². The zero-order valence-electron chi connectivity index (χ0n) is 16.8. The highest BCUT2D eigenvalue weighted by atomic mass is 32.2. The molecule has 26 heavy (non-hydrogen) atoms. The first kappa shape index (κ1) is 21.6. The maximum absolute atomic E-state index is 12.3. The van der Waals surface area contributed by atoms with E-state index in [2.05, 4.69) is 58.2 Å². The third-order valence-corrected chi connectivity index (χ3v) is 11.9. The molecule has 0 spiro atoms. The quantitative estimate of drug-likeness (QED) is 0.301. The molecule has 3 nitrogen and oxygen atoms in total. The molecule has 1 aliphatic rings. The first-order chi connectivity index (χ1) is 11.9. The van der Waals surface area contributed by atoms with E-state index < -0.39 is 8.32 Å². The third-order valence-electron chi connectivity index (χ3n) is 5.66. The molecule has 1 N–H and O–H groups in total. The van der Waals surface area contributed by atoms with Gasteiger partial charge in [-0.1, -0.05) is 69.9 Å². The summed E-state index contributed by atoms with van der Waals surface area (Å²) < 4.78 is 7.39. The average molecular weight is 410 g/mol. The Morgan fingerprint density at radius 1 is 1.23 bits per heavy atom. The van der Waals surface area contributed by atoms with Crippen LogP contribution in [0.4, 0.5) is 0 Å². The molecular weight excluding hydrogens is 378 g/mol. The van der Waals surface area contributed by atoms with Crippen LogP contribution < -0.4 is 5.32 Å². The zero-order valence-corrected chi connectivity index (χ0v) is 19.5. The van der Waals surface area contributed by atoms with Crippen LogP contribution in [-0.2, 0) is 9.22 Å². The second kappa shape index (κ2) is 8.13. The number of hydrogen-bond acceptors (Lipinski definition) is 4. The average Bonchev–Trinajstić information content (AvgIpc) is 2.50. The van der Waals surface area contributed by atoms with Gasteiger partial charge in [0, 0.05) is 10.8 Å². The Labute approximate surface area is 168 Å². The van der Waals surface area contributed by atoms with Crippen LogP contribution in [-0.4, -0.2) is 30.6 Å². The molecule has 4 atom stereocenters. The number of nitrogens with one attached hydrogen (secondary N) is 1. The first-order valence-corrected chi connectivity index (χ1v) is 13.3. The summed E-state index contributed by atoms with van der Waals surface area (Å²) >= 11 is 7.27. The van der Waals surface area contributed by atoms with Gasteiger partial charge >= 0.3 is 0 Å². The van der Waals surface area contributed by atoms with Crippen molar-refractivity contribution in [2.24, 2.45) is 11.8 Å². The highest BCUT2D eigenvalue weighted by molar-refractivity contribution is 8.23. The Balaban J connectivity index is 2.03. The highest BCUT2D eigenvalue weighted by Gasteiger charge is 2.49. The molecule has 2 rings (SSSR count). The summed E-state index contributed by atoms with van der Waals surface area (Å²) in [7, 11) is -1.91. The van der Waals surface area contributed by atoms with E-state index >= 15 is 0 Å². The smallest absolute Gasteiger partial charge is 0.228 e. The van der Waals surface area contributed by atoms with Gasteiger partial charge < -0.3 is 9.74 Å². The van der Waals surface area contributed by atoms with Crippen molar-refractivity contribution >= 4 is 42.4 Å². The van der Waals surface area contributed by atoms with Gasteiger partial charge in [-0.2, -0.15) is 0 Å². The van der Waals surface area contributed by atoms with Crippen molar-refractivity contribution in [1.29, 1.82) is 0 Å². The summed E-state index contributed by atoms with van der Waals surface area (Å²) in [6.07, 6.45) is -0.0957. The molecule has 1 aromatic carbocycles. The van der Waals surface area contributed by atoms with Crippen LogP contribution in [0.3, 0.4) is 0 Å². The van der Waals surface area contributed by atoms with Crippen molar-refractivity contribution in [3.8, 4) is 0 Å². The maximum atomic E-state index is 12.3. The fourth-order valence-electron chi connectivity index (χ4n) is 2.92. The van der Waals surface area contributed by atoms with Gasteiger partial charge in [-0.25, -0.2) is 0 Å². The van der Waals surface area contributed by atoms with Gasteiger partial charge in [0.05, 0.1) is 22.3 Å². The number of amides is 1. The van der Waals surface area contributed by atoms with E-state index in [0.29, 0.717) is 0 Å². The second-order valence-electron chi connectivity index (χ2n) is 8.67. The van der Waals surface area contributed by atoms with Crippen molar-refractivity contribution < 1.29 is 9.22 Å². The van der Waals surface area contributed by atoms with Gasteiger partial charge in [-0.15, -0.1) is 0 Å². The molecule has 0 saturated carbocycles. The van der Waals surface area contributed by atoms with Crippen LogP contribution in [0.15, 0.2) is 35.2 Å². The van der Waals surface area contributed by atoms with Crippen molar-refractivity contribution in [3.05, 3.63) is 30.3 Å². The number of thiocarbonyl (C=S) groups is 1. The Morgan fingerprint density at radius 2 is 1.81 bits per heavy atom. The predicted octanol–water partition coefficient (Wildman–Crippen LogP) is 5.27. The van der Waals surface area contributed by atoms with Crippen molar-refractivity contribution in [2.45, 2.75) is 69.8 Å². The molecule has 144 valence electrons. The van der Waals surface area contributed by atoms with Crippen molar-refractivity contribution in [3.63, 3.8) is 0 Å². The Bertz CT molecular complexity index is 658. The zero-order chi connectivity index (χ0) is 19.7. The van der Waals surface area contributed by atoms with E-state index in [4.69, 9.17) is 16.6 Å². The SMILES string of the molecule is C[C@@H](O[Si](C)(C)C(C)(C)C)[C@H]1C(=O)N[C@@H]1[C@@H](C)C(=S)Sc1ccccc1. The Hall–Kier alpha value is -0.693. The third kappa shape index (κ3) is 4.77. The van der Waals surface area contributed by atoms with Crippen molar-refractivity contribution in [1.82, 2.24) is 5.32 Å². The molecule has 1 heterocycles. The van der Waals surface area contributed by atoms with E-state index in [1.165, 1.54) is 0 Å². The highest BCUT2D eigenvalue weighted by Crippen LogP contribution is 2.40. The van der Waals surface area contributed by atoms with E-state index in [0.717, 1.165) is 9.09 Å². The lowest BCUT2D eigenvalue weighted by Gasteiger charge is -2.47. The molecule has 0 aromatic heterocycles. The van der Waals surface area contributed by atoms with Crippen LogP contribution in [0.5, 0.6) is 0 Å². The monoisotopic (exact) mass is 409 g/mol. The van der Waals surface area contributed by atoms with Crippen molar-refractivity contribution in [2.75, 3.05) is 0 Å². The Morgan fingerprint density at radius 3 is 2.31 bits per heavy atom. The molecule has 0 radical (unpaired) electrons. The summed E-state index contributed by atoms with van der Waals surface area (Å²) in [4.78, 5) is 13.4. The fourth-order valence-corrected chi connectivity index (χ4v) is 5.64. The van der Waals surface area contributed by atoms with Gasteiger partial charge in [0.1, 0.15) is 0 Å². The summed E-state index contributed by atoms with van der Waals surface area (Å²) in [5.74, 6) is 0.0670. The topological polar surface area (TPSA) is 38.3 Å². The minimum Gasteiger partial charge on any atom is -0.413 e. The van der Waals surface area contributed by atoms with Crippen LogP contribution >= 0.6 is 24.0 Å². The van der Waals surface area contributed by atoms with Gasteiger partial charge in [0.2, 0.25) is 5.91 Å².